The number of nitrogens with one attached hydrogen (secondary N) is 1. The van der Waals surface area contributed by atoms with Gasteiger partial charge < -0.3 is 14.5 Å². The number of hydrogen-bond donors (Lipinski definition) is 1. The van der Waals surface area contributed by atoms with E-state index in [1.54, 1.807) is 30.6 Å². The number of hydrogen-bond acceptors (Lipinski definition) is 5. The number of aromatic nitrogens is 2. The second kappa shape index (κ2) is 7.52. The first kappa shape index (κ1) is 17.7. The highest BCUT2D eigenvalue weighted by molar-refractivity contribution is 5.94. The molecule has 28 heavy (non-hydrogen) atoms. The maximum absolute atomic E-state index is 12.2. The van der Waals surface area contributed by atoms with Crippen LogP contribution >= 0.6 is 0 Å². The molecular weight excluding hydrogens is 354 g/mol. The van der Waals surface area contributed by atoms with E-state index in [0.717, 1.165) is 11.1 Å². The van der Waals surface area contributed by atoms with Crippen LogP contribution in [0.4, 0.5) is 5.69 Å². The van der Waals surface area contributed by atoms with Crippen LogP contribution in [0.2, 0.25) is 0 Å². The van der Waals surface area contributed by atoms with Gasteiger partial charge in [-0.2, -0.15) is 0 Å². The molecule has 0 spiro atoms. The van der Waals surface area contributed by atoms with Gasteiger partial charge in [0.25, 0.3) is 5.91 Å². The monoisotopic (exact) mass is 373 g/mol. The Hall–Kier alpha value is -3.67. The van der Waals surface area contributed by atoms with Crippen molar-refractivity contribution in [1.82, 2.24) is 9.97 Å². The summed E-state index contributed by atoms with van der Waals surface area (Å²) in [5.74, 6) is 0.921. The molecule has 2 aromatic heterocycles. The van der Waals surface area contributed by atoms with Gasteiger partial charge in [0, 0.05) is 18.1 Å². The smallest absolute Gasteiger partial charge is 0.262 e. The van der Waals surface area contributed by atoms with Crippen LogP contribution in [-0.4, -0.2) is 22.5 Å². The zero-order valence-electron chi connectivity index (χ0n) is 15.6. The van der Waals surface area contributed by atoms with Crippen molar-refractivity contribution >= 4 is 22.7 Å². The highest BCUT2D eigenvalue weighted by atomic mass is 16.5. The Morgan fingerprint density at radius 2 is 2.00 bits per heavy atom. The average molecular weight is 373 g/mol. The van der Waals surface area contributed by atoms with Crippen molar-refractivity contribution < 1.29 is 13.9 Å². The number of rotatable bonds is 5. The summed E-state index contributed by atoms with van der Waals surface area (Å²) in [6.07, 6.45) is 3.39. The van der Waals surface area contributed by atoms with Gasteiger partial charge in [-0.25, -0.2) is 4.98 Å². The molecule has 0 bridgehead atoms. The van der Waals surface area contributed by atoms with Crippen LogP contribution in [0.5, 0.6) is 5.75 Å². The van der Waals surface area contributed by atoms with Crippen molar-refractivity contribution in [3.05, 3.63) is 72.1 Å². The first-order valence-electron chi connectivity index (χ1n) is 8.89. The van der Waals surface area contributed by atoms with Gasteiger partial charge in [-0.1, -0.05) is 6.07 Å². The molecule has 4 rings (SSSR count). The molecular formula is C22H19N3O3. The molecule has 1 amide bonds. The molecule has 0 aliphatic carbocycles. The Morgan fingerprint density at radius 1 is 1.11 bits per heavy atom. The molecule has 6 nitrogen and oxygen atoms in total. The van der Waals surface area contributed by atoms with E-state index < -0.39 is 0 Å². The zero-order valence-corrected chi connectivity index (χ0v) is 15.6. The van der Waals surface area contributed by atoms with E-state index in [2.05, 4.69) is 15.3 Å². The number of carbonyl (C=O) groups is 1. The van der Waals surface area contributed by atoms with E-state index in [1.165, 1.54) is 5.56 Å². The van der Waals surface area contributed by atoms with Crippen LogP contribution in [0.1, 0.15) is 11.1 Å². The van der Waals surface area contributed by atoms with Crippen LogP contribution < -0.4 is 10.1 Å². The number of oxazole rings is 1. The van der Waals surface area contributed by atoms with E-state index >= 15 is 0 Å². The summed E-state index contributed by atoms with van der Waals surface area (Å²) >= 11 is 0. The SMILES string of the molecule is Cc1ccc(OCC(=O)Nc2ccc3oc(-c4cccnc4)nc3c2)cc1C. The van der Waals surface area contributed by atoms with Gasteiger partial charge in [-0.15, -0.1) is 0 Å². The first-order chi connectivity index (χ1) is 13.6. The highest BCUT2D eigenvalue weighted by Crippen LogP contribution is 2.25. The summed E-state index contributed by atoms with van der Waals surface area (Å²) in [4.78, 5) is 20.8. The van der Waals surface area contributed by atoms with Crippen LogP contribution in [0.25, 0.3) is 22.6 Å². The predicted molar refractivity (Wildman–Crippen MR) is 107 cm³/mol. The Morgan fingerprint density at radius 3 is 2.79 bits per heavy atom. The number of carbonyl (C=O) groups excluding carboxylic acids is 1. The lowest BCUT2D eigenvalue weighted by molar-refractivity contribution is -0.118. The lowest BCUT2D eigenvalue weighted by Gasteiger charge is -2.09. The minimum atomic E-state index is -0.242. The molecule has 2 aromatic carbocycles. The molecule has 4 aromatic rings. The van der Waals surface area contributed by atoms with Crippen molar-refractivity contribution in [2.24, 2.45) is 0 Å². The summed E-state index contributed by atoms with van der Waals surface area (Å²) < 4.78 is 11.3. The van der Waals surface area contributed by atoms with Crippen LogP contribution in [0, 0.1) is 13.8 Å². The van der Waals surface area contributed by atoms with Gasteiger partial charge in [0.05, 0.1) is 5.56 Å². The number of ether oxygens (including phenoxy) is 1. The van der Waals surface area contributed by atoms with Gasteiger partial charge in [-0.3, -0.25) is 9.78 Å². The van der Waals surface area contributed by atoms with Gasteiger partial charge in [0.15, 0.2) is 12.2 Å². The highest BCUT2D eigenvalue weighted by Gasteiger charge is 2.10. The standard InChI is InChI=1S/C22H19N3O3/c1-14-5-7-18(10-15(14)2)27-13-21(26)24-17-6-8-20-19(11-17)25-22(28-20)16-4-3-9-23-12-16/h3-12H,13H2,1-2H3,(H,24,26). The molecule has 0 radical (unpaired) electrons. The maximum Gasteiger partial charge on any atom is 0.262 e. The number of amides is 1. The summed E-state index contributed by atoms with van der Waals surface area (Å²) in [6, 6.07) is 14.8. The molecule has 1 N–H and O–H groups in total. The fourth-order valence-electron chi connectivity index (χ4n) is 2.77. The van der Waals surface area contributed by atoms with E-state index in [0.29, 0.717) is 28.4 Å². The fraction of sp³-hybridized carbons (Fsp3) is 0.136. The van der Waals surface area contributed by atoms with Crippen molar-refractivity contribution in [3.8, 4) is 17.2 Å². The van der Waals surface area contributed by atoms with Gasteiger partial charge in [0.1, 0.15) is 11.3 Å². The molecule has 2 heterocycles. The van der Waals surface area contributed by atoms with Crippen molar-refractivity contribution in [1.29, 1.82) is 0 Å². The lowest BCUT2D eigenvalue weighted by atomic mass is 10.1. The second-order valence-corrected chi connectivity index (χ2v) is 6.53. The van der Waals surface area contributed by atoms with Crippen molar-refractivity contribution in [2.75, 3.05) is 11.9 Å². The molecule has 0 atom stereocenters. The Bertz CT molecular complexity index is 1140. The summed E-state index contributed by atoms with van der Waals surface area (Å²) in [7, 11) is 0. The molecule has 6 heteroatoms. The van der Waals surface area contributed by atoms with Crippen LogP contribution in [0.3, 0.4) is 0 Å². The minimum absolute atomic E-state index is 0.0692. The van der Waals surface area contributed by atoms with E-state index in [4.69, 9.17) is 9.15 Å². The third-order valence-electron chi connectivity index (χ3n) is 4.43. The number of anilines is 1. The van der Waals surface area contributed by atoms with Gasteiger partial charge in [-0.05, 0) is 67.4 Å². The van der Waals surface area contributed by atoms with Crippen molar-refractivity contribution in [2.45, 2.75) is 13.8 Å². The van der Waals surface area contributed by atoms with Gasteiger partial charge >= 0.3 is 0 Å². The molecule has 0 saturated carbocycles. The third-order valence-corrected chi connectivity index (χ3v) is 4.43. The molecule has 140 valence electrons. The minimum Gasteiger partial charge on any atom is -0.484 e. The van der Waals surface area contributed by atoms with E-state index in [-0.39, 0.29) is 12.5 Å². The van der Waals surface area contributed by atoms with Crippen LogP contribution in [0.15, 0.2) is 65.3 Å². The Labute approximate surface area is 162 Å². The largest absolute Gasteiger partial charge is 0.484 e. The number of nitrogens with zero attached hydrogens (tertiary/aromatic N) is 2. The number of fused-ring (bicyclic) bond motifs is 1. The topological polar surface area (TPSA) is 77.2 Å². The normalized spacial score (nSPS) is 10.8. The Balaban J connectivity index is 1.44. The summed E-state index contributed by atoms with van der Waals surface area (Å²) in [6.45, 7) is 3.97. The predicted octanol–water partition coefficient (Wildman–Crippen LogP) is 4.52. The summed E-state index contributed by atoms with van der Waals surface area (Å²) in [5, 5.41) is 2.82. The lowest BCUT2D eigenvalue weighted by Crippen LogP contribution is -2.20. The number of aryl methyl sites for hydroxylation is 2. The van der Waals surface area contributed by atoms with E-state index in [9.17, 15) is 4.79 Å². The van der Waals surface area contributed by atoms with Crippen LogP contribution in [-0.2, 0) is 4.79 Å². The average Bonchev–Trinajstić information content (AvgIpc) is 3.13. The maximum atomic E-state index is 12.2. The fourth-order valence-corrected chi connectivity index (χ4v) is 2.77. The first-order valence-corrected chi connectivity index (χ1v) is 8.89. The Kier molecular flexibility index (Phi) is 4.76. The second-order valence-electron chi connectivity index (χ2n) is 6.53. The molecule has 0 saturated heterocycles. The summed E-state index contributed by atoms with van der Waals surface area (Å²) in [5.41, 5.74) is 5.04. The number of pyridine rings is 1. The van der Waals surface area contributed by atoms with E-state index in [1.807, 2.05) is 44.2 Å². The molecule has 0 fully saturated rings. The molecule has 0 aliphatic heterocycles. The quantitative estimate of drug-likeness (QED) is 0.556. The van der Waals surface area contributed by atoms with Crippen molar-refractivity contribution in [3.63, 3.8) is 0 Å². The zero-order chi connectivity index (χ0) is 19.5. The third kappa shape index (κ3) is 3.86. The molecule has 0 unspecified atom stereocenters. The number of benzene rings is 2. The van der Waals surface area contributed by atoms with Gasteiger partial charge in [0.2, 0.25) is 5.89 Å². The molecule has 0 aliphatic rings.